The molecule has 0 bridgehead atoms. The summed E-state index contributed by atoms with van der Waals surface area (Å²) in [7, 11) is 0. The van der Waals surface area contributed by atoms with Gasteiger partial charge in [0.05, 0.1) is 17.3 Å². The summed E-state index contributed by atoms with van der Waals surface area (Å²) in [6.45, 7) is 0. The van der Waals surface area contributed by atoms with Crippen LogP contribution in [-0.4, -0.2) is 4.98 Å². The van der Waals surface area contributed by atoms with Crippen molar-refractivity contribution in [3.05, 3.63) is 65.9 Å². The summed E-state index contributed by atoms with van der Waals surface area (Å²) in [5.41, 5.74) is 5.68. The maximum Gasteiger partial charge on any atom is 0.140 e. The van der Waals surface area contributed by atoms with Crippen molar-refractivity contribution in [2.75, 3.05) is 0 Å². The molecule has 27 heavy (non-hydrogen) atoms. The van der Waals surface area contributed by atoms with E-state index in [9.17, 15) is 5.26 Å². The van der Waals surface area contributed by atoms with Crippen molar-refractivity contribution in [1.82, 2.24) is 4.98 Å². The average molecular weight is 352 g/mol. The molecule has 2 aromatic heterocycles. The monoisotopic (exact) mass is 352 g/mol. The van der Waals surface area contributed by atoms with E-state index in [1.54, 1.807) is 0 Å². The van der Waals surface area contributed by atoms with Crippen molar-refractivity contribution >= 4 is 21.9 Å². The molecule has 0 unspecified atom stereocenters. The Morgan fingerprint density at radius 3 is 2.63 bits per heavy atom. The van der Waals surface area contributed by atoms with E-state index in [1.807, 2.05) is 42.6 Å². The lowest BCUT2D eigenvalue weighted by Gasteiger charge is -2.22. The molecule has 5 rings (SSSR count). The second-order valence-electron chi connectivity index (χ2n) is 7.38. The number of hydrogen-bond acceptors (Lipinski definition) is 3. The normalized spacial score (nSPS) is 15.2. The van der Waals surface area contributed by atoms with Gasteiger partial charge in [0.25, 0.3) is 0 Å². The van der Waals surface area contributed by atoms with E-state index in [2.05, 4.69) is 23.2 Å². The van der Waals surface area contributed by atoms with Crippen molar-refractivity contribution in [1.29, 1.82) is 5.26 Å². The standard InChI is InChI=1S/C24H20N2O/c25-15-18-9-11-19-20-14-17(21-8-4-5-13-26-21)10-12-22(20)27-24(19)23(18)16-6-2-1-3-7-16/h4-5,8-14,16H,1-3,6-7H2. The summed E-state index contributed by atoms with van der Waals surface area (Å²) in [6.07, 6.45) is 7.86. The molecule has 1 saturated carbocycles. The highest BCUT2D eigenvalue weighted by Gasteiger charge is 2.24. The molecule has 1 fully saturated rings. The molecule has 0 radical (unpaired) electrons. The number of furan rings is 1. The van der Waals surface area contributed by atoms with E-state index < -0.39 is 0 Å². The van der Waals surface area contributed by atoms with E-state index in [-0.39, 0.29) is 0 Å². The van der Waals surface area contributed by atoms with E-state index in [1.165, 1.54) is 19.3 Å². The molecule has 1 aliphatic carbocycles. The Hall–Kier alpha value is -3.12. The maximum atomic E-state index is 9.68. The summed E-state index contributed by atoms with van der Waals surface area (Å²) in [5.74, 6) is 0.424. The fraction of sp³-hybridized carbons (Fsp3) is 0.250. The molecular weight excluding hydrogens is 332 g/mol. The first kappa shape index (κ1) is 16.1. The first-order valence-corrected chi connectivity index (χ1v) is 9.66. The number of pyridine rings is 1. The van der Waals surface area contributed by atoms with Crippen LogP contribution in [0.3, 0.4) is 0 Å². The molecule has 0 saturated heterocycles. The van der Waals surface area contributed by atoms with Crippen LogP contribution in [0, 0.1) is 11.3 Å². The van der Waals surface area contributed by atoms with Gasteiger partial charge < -0.3 is 4.42 Å². The summed E-state index contributed by atoms with van der Waals surface area (Å²) >= 11 is 0. The quantitative estimate of drug-likeness (QED) is 0.410. The molecule has 3 nitrogen and oxygen atoms in total. The number of hydrogen-bond donors (Lipinski definition) is 0. The number of nitriles is 1. The highest BCUT2D eigenvalue weighted by Crippen LogP contribution is 2.42. The SMILES string of the molecule is N#Cc1ccc2c(oc3ccc(-c4ccccn4)cc32)c1C1CCCCC1. The molecule has 3 heteroatoms. The van der Waals surface area contributed by atoms with E-state index in [0.29, 0.717) is 5.92 Å². The van der Waals surface area contributed by atoms with Gasteiger partial charge in [0.2, 0.25) is 0 Å². The van der Waals surface area contributed by atoms with Gasteiger partial charge >= 0.3 is 0 Å². The molecule has 0 aliphatic heterocycles. The van der Waals surface area contributed by atoms with Gasteiger partial charge in [-0.15, -0.1) is 0 Å². The average Bonchev–Trinajstić information content (AvgIpc) is 3.12. The van der Waals surface area contributed by atoms with E-state index in [4.69, 9.17) is 4.42 Å². The molecule has 132 valence electrons. The van der Waals surface area contributed by atoms with Gasteiger partial charge in [-0.1, -0.05) is 25.3 Å². The maximum absolute atomic E-state index is 9.68. The van der Waals surface area contributed by atoms with Crippen LogP contribution in [0.5, 0.6) is 0 Å². The fourth-order valence-electron chi connectivity index (χ4n) is 4.45. The molecule has 2 aromatic carbocycles. The van der Waals surface area contributed by atoms with Crippen LogP contribution >= 0.6 is 0 Å². The minimum atomic E-state index is 0.424. The van der Waals surface area contributed by atoms with Gasteiger partial charge in [-0.25, -0.2) is 0 Å². The molecule has 1 aliphatic rings. The molecule has 4 aromatic rings. The molecule has 0 atom stereocenters. The van der Waals surface area contributed by atoms with Crippen LogP contribution in [0.1, 0.15) is 49.1 Å². The second kappa shape index (κ2) is 6.55. The van der Waals surface area contributed by atoms with Gasteiger partial charge in [-0.2, -0.15) is 5.26 Å². The first-order valence-electron chi connectivity index (χ1n) is 9.66. The van der Waals surface area contributed by atoms with Crippen molar-refractivity contribution in [2.45, 2.75) is 38.0 Å². The van der Waals surface area contributed by atoms with Gasteiger partial charge in [0, 0.05) is 28.1 Å². The van der Waals surface area contributed by atoms with Crippen molar-refractivity contribution in [3.63, 3.8) is 0 Å². The third kappa shape index (κ3) is 2.69. The topological polar surface area (TPSA) is 49.8 Å². The predicted molar refractivity (Wildman–Crippen MR) is 107 cm³/mol. The third-order valence-corrected chi connectivity index (χ3v) is 5.77. The Labute approximate surface area is 158 Å². The molecule has 0 spiro atoms. The van der Waals surface area contributed by atoms with Crippen LogP contribution in [-0.2, 0) is 0 Å². The Kier molecular flexibility index (Phi) is 3.90. The van der Waals surface area contributed by atoms with Crippen molar-refractivity contribution in [3.8, 4) is 17.3 Å². The van der Waals surface area contributed by atoms with Crippen LogP contribution in [0.4, 0.5) is 0 Å². The minimum absolute atomic E-state index is 0.424. The predicted octanol–water partition coefficient (Wildman–Crippen LogP) is 6.57. The smallest absolute Gasteiger partial charge is 0.140 e. The molecule has 2 heterocycles. The Morgan fingerprint density at radius 1 is 0.963 bits per heavy atom. The highest BCUT2D eigenvalue weighted by atomic mass is 16.3. The zero-order valence-electron chi connectivity index (χ0n) is 15.1. The molecule has 0 N–H and O–H groups in total. The second-order valence-corrected chi connectivity index (χ2v) is 7.38. The molecule has 0 amide bonds. The zero-order chi connectivity index (χ0) is 18.2. The lowest BCUT2D eigenvalue weighted by molar-refractivity contribution is 0.441. The number of aromatic nitrogens is 1. The highest BCUT2D eigenvalue weighted by molar-refractivity contribution is 6.07. The van der Waals surface area contributed by atoms with Gasteiger partial charge in [0.1, 0.15) is 11.2 Å². The summed E-state index contributed by atoms with van der Waals surface area (Å²) in [6, 6.07) is 18.6. The number of nitrogens with zero attached hydrogens (tertiary/aromatic N) is 2. The largest absolute Gasteiger partial charge is 0.456 e. The van der Waals surface area contributed by atoms with Gasteiger partial charge in [-0.05, 0) is 61.2 Å². The van der Waals surface area contributed by atoms with Crippen molar-refractivity contribution in [2.24, 2.45) is 0 Å². The number of benzene rings is 2. The van der Waals surface area contributed by atoms with Crippen molar-refractivity contribution < 1.29 is 4.42 Å². The minimum Gasteiger partial charge on any atom is -0.456 e. The van der Waals surface area contributed by atoms with Gasteiger partial charge in [0.15, 0.2) is 0 Å². The first-order chi connectivity index (χ1) is 13.3. The Morgan fingerprint density at radius 2 is 1.85 bits per heavy atom. The molecular formula is C24H20N2O. The van der Waals surface area contributed by atoms with Crippen LogP contribution in [0.25, 0.3) is 33.2 Å². The summed E-state index contributed by atoms with van der Waals surface area (Å²) in [5, 5.41) is 11.9. The third-order valence-electron chi connectivity index (χ3n) is 5.77. The fourth-order valence-corrected chi connectivity index (χ4v) is 4.45. The van der Waals surface area contributed by atoms with E-state index in [0.717, 1.165) is 57.2 Å². The lowest BCUT2D eigenvalue weighted by atomic mass is 9.81. The number of rotatable bonds is 2. The van der Waals surface area contributed by atoms with Gasteiger partial charge in [-0.3, -0.25) is 4.98 Å². The van der Waals surface area contributed by atoms with Crippen LogP contribution in [0.15, 0.2) is 59.1 Å². The van der Waals surface area contributed by atoms with Crippen LogP contribution < -0.4 is 0 Å². The Balaban J connectivity index is 1.74. The Bertz CT molecular complexity index is 1160. The lowest BCUT2D eigenvalue weighted by Crippen LogP contribution is -2.06. The summed E-state index contributed by atoms with van der Waals surface area (Å²) in [4.78, 5) is 4.46. The summed E-state index contributed by atoms with van der Waals surface area (Å²) < 4.78 is 6.30. The van der Waals surface area contributed by atoms with E-state index >= 15 is 0 Å². The zero-order valence-corrected chi connectivity index (χ0v) is 15.1. The number of fused-ring (bicyclic) bond motifs is 3. The van der Waals surface area contributed by atoms with Crippen LogP contribution in [0.2, 0.25) is 0 Å².